The summed E-state index contributed by atoms with van der Waals surface area (Å²) in [6, 6.07) is 4.06. The van der Waals surface area contributed by atoms with Crippen LogP contribution in [0, 0.1) is 0 Å². The van der Waals surface area contributed by atoms with Crippen LogP contribution in [-0.2, 0) is 10.8 Å². The molecule has 3 heteroatoms. The second kappa shape index (κ2) is 3.87. The molecule has 2 heterocycles. The number of benzene rings is 1. The van der Waals surface area contributed by atoms with Gasteiger partial charge in [0.05, 0.1) is 11.6 Å². The Bertz CT molecular complexity index is 779. The van der Waals surface area contributed by atoms with Crippen molar-refractivity contribution in [2.24, 2.45) is 0 Å². The maximum atomic E-state index is 5.88. The zero-order valence-electron chi connectivity index (χ0n) is 13.0. The van der Waals surface area contributed by atoms with Gasteiger partial charge in [0, 0.05) is 16.4 Å². The van der Waals surface area contributed by atoms with Crippen molar-refractivity contribution in [2.45, 2.75) is 52.4 Å². The summed E-state index contributed by atoms with van der Waals surface area (Å²) in [5.41, 5.74) is 3.82. The zero-order chi connectivity index (χ0) is 14.7. The molecule has 1 aromatic carbocycles. The lowest BCUT2D eigenvalue weighted by atomic mass is 9.85. The number of aromatic nitrogens is 1. The first-order valence-electron chi connectivity index (χ1n) is 7.00. The average Bonchev–Trinajstić information content (AvgIpc) is 2.89. The van der Waals surface area contributed by atoms with Gasteiger partial charge >= 0.3 is 0 Å². The lowest BCUT2D eigenvalue weighted by molar-refractivity contribution is 0.419. The SMILES string of the molecule is CC(C)(C)c1coc2c1ccc1onc(C(C)(C)C)c12. The van der Waals surface area contributed by atoms with Gasteiger partial charge in [0.15, 0.2) is 5.58 Å². The topological polar surface area (TPSA) is 39.2 Å². The molecule has 0 aliphatic rings. The van der Waals surface area contributed by atoms with Gasteiger partial charge in [0.2, 0.25) is 0 Å². The van der Waals surface area contributed by atoms with E-state index in [0.717, 1.165) is 27.6 Å². The molecule has 0 amide bonds. The lowest BCUT2D eigenvalue weighted by Crippen LogP contribution is -2.12. The predicted octanol–water partition coefficient (Wildman–Crippen LogP) is 5.17. The van der Waals surface area contributed by atoms with Crippen molar-refractivity contribution in [3.05, 3.63) is 29.7 Å². The van der Waals surface area contributed by atoms with E-state index in [9.17, 15) is 0 Å². The smallest absolute Gasteiger partial charge is 0.170 e. The van der Waals surface area contributed by atoms with Gasteiger partial charge in [-0.05, 0) is 17.5 Å². The highest BCUT2D eigenvalue weighted by Gasteiger charge is 2.27. The van der Waals surface area contributed by atoms with E-state index in [0.29, 0.717) is 0 Å². The first-order chi connectivity index (χ1) is 9.19. The molecule has 0 aliphatic heterocycles. The molecule has 0 radical (unpaired) electrons. The van der Waals surface area contributed by atoms with Gasteiger partial charge in [-0.3, -0.25) is 0 Å². The Morgan fingerprint density at radius 2 is 1.65 bits per heavy atom. The Balaban J connectivity index is 2.42. The first-order valence-corrected chi connectivity index (χ1v) is 7.00. The van der Waals surface area contributed by atoms with Gasteiger partial charge in [0.25, 0.3) is 0 Å². The molecule has 0 aliphatic carbocycles. The monoisotopic (exact) mass is 271 g/mol. The van der Waals surface area contributed by atoms with E-state index in [1.54, 1.807) is 0 Å². The number of furan rings is 1. The van der Waals surface area contributed by atoms with Crippen LogP contribution in [-0.4, -0.2) is 5.16 Å². The summed E-state index contributed by atoms with van der Waals surface area (Å²) in [5.74, 6) is 0. The van der Waals surface area contributed by atoms with E-state index >= 15 is 0 Å². The van der Waals surface area contributed by atoms with Crippen molar-refractivity contribution in [2.75, 3.05) is 0 Å². The number of rotatable bonds is 0. The van der Waals surface area contributed by atoms with Crippen LogP contribution in [0.1, 0.15) is 52.8 Å². The second-order valence-electron chi connectivity index (χ2n) is 7.50. The Morgan fingerprint density at radius 1 is 0.950 bits per heavy atom. The van der Waals surface area contributed by atoms with Crippen molar-refractivity contribution in [1.29, 1.82) is 0 Å². The molecule has 2 aromatic heterocycles. The van der Waals surface area contributed by atoms with Crippen LogP contribution in [0.15, 0.2) is 27.3 Å². The molecule has 3 rings (SSSR count). The normalized spacial score (nSPS) is 13.5. The van der Waals surface area contributed by atoms with Gasteiger partial charge in [-0.15, -0.1) is 0 Å². The molecule has 3 aromatic rings. The Hall–Kier alpha value is -1.77. The molecule has 106 valence electrons. The number of fused-ring (bicyclic) bond motifs is 3. The third-order valence-electron chi connectivity index (χ3n) is 3.69. The number of hydrogen-bond acceptors (Lipinski definition) is 3. The highest BCUT2D eigenvalue weighted by Crippen LogP contribution is 2.39. The van der Waals surface area contributed by atoms with Gasteiger partial charge in [-0.25, -0.2) is 0 Å². The summed E-state index contributed by atoms with van der Waals surface area (Å²) in [6.45, 7) is 13.0. The number of nitrogens with zero attached hydrogens (tertiary/aromatic N) is 1. The zero-order valence-corrected chi connectivity index (χ0v) is 13.0. The predicted molar refractivity (Wildman–Crippen MR) is 81.2 cm³/mol. The molecule has 0 spiro atoms. The molecule has 0 bridgehead atoms. The van der Waals surface area contributed by atoms with Crippen LogP contribution in [0.25, 0.3) is 21.9 Å². The fourth-order valence-electron chi connectivity index (χ4n) is 2.61. The summed E-state index contributed by atoms with van der Waals surface area (Å²) in [6.07, 6.45) is 1.86. The minimum Gasteiger partial charge on any atom is -0.463 e. The summed E-state index contributed by atoms with van der Waals surface area (Å²) < 4.78 is 11.4. The van der Waals surface area contributed by atoms with Crippen LogP contribution >= 0.6 is 0 Å². The van der Waals surface area contributed by atoms with Crippen LogP contribution in [0.4, 0.5) is 0 Å². The van der Waals surface area contributed by atoms with Crippen LogP contribution in [0.5, 0.6) is 0 Å². The second-order valence-corrected chi connectivity index (χ2v) is 7.50. The third-order valence-corrected chi connectivity index (χ3v) is 3.69. The quantitative estimate of drug-likeness (QED) is 0.566. The van der Waals surface area contributed by atoms with Gasteiger partial charge in [-0.2, -0.15) is 0 Å². The maximum Gasteiger partial charge on any atom is 0.170 e. The Kier molecular flexibility index (Phi) is 2.56. The van der Waals surface area contributed by atoms with Crippen molar-refractivity contribution < 1.29 is 8.94 Å². The number of hydrogen-bond donors (Lipinski definition) is 0. The van der Waals surface area contributed by atoms with Gasteiger partial charge in [-0.1, -0.05) is 46.7 Å². The Labute approximate surface area is 118 Å². The molecule has 0 saturated heterocycles. The standard InChI is InChI=1S/C17H21NO2/c1-16(2,3)11-9-19-14-10(11)7-8-12-13(14)15(18-20-12)17(4,5)6/h7-9H,1-6H3. The van der Waals surface area contributed by atoms with E-state index in [4.69, 9.17) is 8.94 Å². The minimum atomic E-state index is -0.0752. The van der Waals surface area contributed by atoms with Gasteiger partial charge < -0.3 is 8.94 Å². The van der Waals surface area contributed by atoms with E-state index < -0.39 is 0 Å². The maximum absolute atomic E-state index is 5.88. The van der Waals surface area contributed by atoms with Crippen LogP contribution < -0.4 is 0 Å². The van der Waals surface area contributed by atoms with Crippen molar-refractivity contribution in [1.82, 2.24) is 5.16 Å². The van der Waals surface area contributed by atoms with E-state index in [1.807, 2.05) is 12.3 Å². The summed E-state index contributed by atoms with van der Waals surface area (Å²) >= 11 is 0. The highest BCUT2D eigenvalue weighted by atomic mass is 16.5. The van der Waals surface area contributed by atoms with E-state index in [-0.39, 0.29) is 10.8 Å². The fourth-order valence-corrected chi connectivity index (χ4v) is 2.61. The largest absolute Gasteiger partial charge is 0.463 e. The van der Waals surface area contributed by atoms with E-state index in [2.05, 4.69) is 52.8 Å². The minimum absolute atomic E-state index is 0.0536. The molecule has 0 N–H and O–H groups in total. The summed E-state index contributed by atoms with van der Waals surface area (Å²) in [7, 11) is 0. The summed E-state index contributed by atoms with van der Waals surface area (Å²) in [4.78, 5) is 0. The Morgan fingerprint density at radius 3 is 2.25 bits per heavy atom. The van der Waals surface area contributed by atoms with E-state index in [1.165, 1.54) is 5.56 Å². The fraction of sp³-hybridized carbons (Fsp3) is 0.471. The summed E-state index contributed by atoms with van der Waals surface area (Å²) in [5, 5.41) is 6.41. The molecular weight excluding hydrogens is 250 g/mol. The molecule has 0 atom stereocenters. The molecule has 0 unspecified atom stereocenters. The lowest BCUT2D eigenvalue weighted by Gasteiger charge is -2.16. The molecule has 0 saturated carbocycles. The third kappa shape index (κ3) is 1.84. The average molecular weight is 271 g/mol. The first kappa shape index (κ1) is 13.2. The molecule has 20 heavy (non-hydrogen) atoms. The molecule has 0 fully saturated rings. The van der Waals surface area contributed by atoms with Crippen molar-refractivity contribution in [3.8, 4) is 0 Å². The van der Waals surface area contributed by atoms with Crippen molar-refractivity contribution >= 4 is 21.9 Å². The van der Waals surface area contributed by atoms with Crippen molar-refractivity contribution in [3.63, 3.8) is 0 Å². The van der Waals surface area contributed by atoms with Gasteiger partial charge in [0.1, 0.15) is 11.3 Å². The van der Waals surface area contributed by atoms with Crippen LogP contribution in [0.2, 0.25) is 0 Å². The highest BCUT2D eigenvalue weighted by molar-refractivity contribution is 6.05. The molecule has 3 nitrogen and oxygen atoms in total. The van der Waals surface area contributed by atoms with Crippen LogP contribution in [0.3, 0.4) is 0 Å². The molecular formula is C17H21NO2.